The molecule has 7 unspecified atom stereocenters. The normalized spacial score (nSPS) is 20.7. The van der Waals surface area contributed by atoms with Gasteiger partial charge in [-0.2, -0.15) is 0 Å². The summed E-state index contributed by atoms with van der Waals surface area (Å²) in [5.41, 5.74) is 0. The highest BCUT2D eigenvalue weighted by atomic mass is 16.7. The third-order valence-corrected chi connectivity index (χ3v) is 12.0. The first-order chi connectivity index (χ1) is 30.8. The average Bonchev–Trinajstić information content (AvgIpc) is 3.28. The van der Waals surface area contributed by atoms with Gasteiger partial charge in [0.15, 0.2) is 6.29 Å². The maximum Gasteiger partial charge on any atom is 0.220 e. The van der Waals surface area contributed by atoms with Crippen LogP contribution in [0.4, 0.5) is 0 Å². The number of hydrogen-bond donors (Lipinski definition) is 6. The molecule has 9 heteroatoms. The van der Waals surface area contributed by atoms with Crippen LogP contribution in [0.2, 0.25) is 0 Å². The number of ether oxygens (including phenoxy) is 2. The fourth-order valence-electron chi connectivity index (χ4n) is 7.86. The topological polar surface area (TPSA) is 149 Å². The second kappa shape index (κ2) is 43.8. The Balaban J connectivity index is 2.34. The van der Waals surface area contributed by atoms with E-state index < -0.39 is 49.5 Å². The Morgan fingerprint density at radius 3 is 1.46 bits per heavy atom. The third kappa shape index (κ3) is 33.9. The highest BCUT2D eigenvalue weighted by molar-refractivity contribution is 5.76. The van der Waals surface area contributed by atoms with Crippen molar-refractivity contribution >= 4 is 5.91 Å². The van der Waals surface area contributed by atoms with Crippen molar-refractivity contribution in [2.45, 2.75) is 262 Å². The van der Waals surface area contributed by atoms with Crippen molar-refractivity contribution < 1.29 is 39.8 Å². The Labute approximate surface area is 386 Å². The molecule has 1 fully saturated rings. The van der Waals surface area contributed by atoms with Gasteiger partial charge in [-0.05, 0) is 77.0 Å². The molecule has 7 atom stereocenters. The van der Waals surface area contributed by atoms with Crippen molar-refractivity contribution in [1.82, 2.24) is 5.32 Å². The monoisotopic (exact) mass is 888 g/mol. The molecule has 1 heterocycles. The molecule has 0 aliphatic carbocycles. The molecule has 9 nitrogen and oxygen atoms in total. The van der Waals surface area contributed by atoms with E-state index in [-0.39, 0.29) is 12.5 Å². The van der Waals surface area contributed by atoms with Crippen LogP contribution in [0.1, 0.15) is 219 Å². The van der Waals surface area contributed by atoms with Gasteiger partial charge >= 0.3 is 0 Å². The van der Waals surface area contributed by atoms with Crippen LogP contribution in [0.25, 0.3) is 0 Å². The number of amides is 1. The summed E-state index contributed by atoms with van der Waals surface area (Å²) in [5, 5.41) is 54.3. The molecule has 63 heavy (non-hydrogen) atoms. The minimum absolute atomic E-state index is 0.200. The average molecular weight is 888 g/mol. The van der Waals surface area contributed by atoms with Crippen LogP contribution in [0, 0.1) is 0 Å². The predicted octanol–water partition coefficient (Wildman–Crippen LogP) is 12.0. The van der Waals surface area contributed by atoms with Crippen molar-refractivity contribution in [3.63, 3.8) is 0 Å². The van der Waals surface area contributed by atoms with E-state index in [2.05, 4.69) is 67.8 Å². The number of carbonyl (C=O) groups excluding carboxylic acids is 1. The minimum atomic E-state index is -1.58. The first-order valence-electron chi connectivity index (χ1n) is 26.0. The van der Waals surface area contributed by atoms with Gasteiger partial charge in [-0.25, -0.2) is 0 Å². The van der Waals surface area contributed by atoms with Crippen LogP contribution in [0.3, 0.4) is 0 Å². The van der Waals surface area contributed by atoms with Crippen molar-refractivity contribution in [2.24, 2.45) is 0 Å². The molecule has 1 aliphatic heterocycles. The molecule has 6 N–H and O–H groups in total. The van der Waals surface area contributed by atoms with Gasteiger partial charge in [-0.15, -0.1) is 0 Å². The number of hydrogen-bond acceptors (Lipinski definition) is 8. The largest absolute Gasteiger partial charge is 0.394 e. The zero-order valence-electron chi connectivity index (χ0n) is 40.3. The van der Waals surface area contributed by atoms with Crippen molar-refractivity contribution in [3.8, 4) is 0 Å². The molecule has 1 rings (SSSR count). The molecule has 0 aromatic heterocycles. The molecular weight excluding hydrogens is 791 g/mol. The second-order valence-electron chi connectivity index (χ2n) is 17.9. The van der Waals surface area contributed by atoms with Gasteiger partial charge in [0.1, 0.15) is 24.4 Å². The highest BCUT2D eigenvalue weighted by Gasteiger charge is 2.44. The van der Waals surface area contributed by atoms with Gasteiger partial charge in [0.2, 0.25) is 5.91 Å². The number of carbonyl (C=O) groups is 1. The molecule has 0 radical (unpaired) electrons. The summed E-state index contributed by atoms with van der Waals surface area (Å²) in [6.45, 7) is 3.73. The molecule has 0 spiro atoms. The quantitative estimate of drug-likeness (QED) is 0.0262. The number of unbranched alkanes of at least 4 members (excludes halogenated alkanes) is 25. The van der Waals surface area contributed by atoms with Crippen LogP contribution in [0.5, 0.6) is 0 Å². The number of nitrogens with one attached hydrogen (secondary N) is 1. The molecular formula is C54H97NO8. The van der Waals surface area contributed by atoms with Crippen LogP contribution in [-0.4, -0.2) is 87.5 Å². The predicted molar refractivity (Wildman–Crippen MR) is 262 cm³/mol. The zero-order valence-corrected chi connectivity index (χ0v) is 40.3. The summed E-state index contributed by atoms with van der Waals surface area (Å²) < 4.78 is 11.2. The number of aliphatic hydroxyl groups is 5. The molecule has 1 aliphatic rings. The lowest BCUT2D eigenvalue weighted by molar-refractivity contribution is -0.302. The summed E-state index contributed by atoms with van der Waals surface area (Å²) in [6, 6.07) is -0.834. The summed E-state index contributed by atoms with van der Waals surface area (Å²) in [5.74, 6) is -0.200. The Kier molecular flexibility index (Phi) is 40.9. The molecule has 366 valence electrons. The fraction of sp³-hybridized carbons (Fsp3) is 0.796. The minimum Gasteiger partial charge on any atom is -0.394 e. The first-order valence-corrected chi connectivity index (χ1v) is 26.0. The number of aliphatic hydroxyl groups excluding tert-OH is 5. The number of allylic oxidation sites excluding steroid dienone is 9. The van der Waals surface area contributed by atoms with E-state index in [1.807, 2.05) is 6.08 Å². The lowest BCUT2D eigenvalue weighted by Gasteiger charge is -2.40. The standard InChI is InChI=1S/C54H97NO8/c1-3-5-7-9-11-13-15-17-19-21-22-23-24-25-26-28-29-31-33-35-37-39-41-43-48(57)47(46-62-54-53(61)52(60)51(59)49(45-56)63-54)55-50(58)44-42-40-38-36-34-32-30-27-20-18-16-14-12-10-8-6-4-2/h12,14,18,20,26,28,33,35,41,43,47-49,51-54,56-57,59-61H,3-11,13,15-17,19,21-25,27,29-32,34,36-40,42,44-46H2,1-2H3,(H,55,58)/b14-12-,20-18-,28-26+,35-33+,43-41+. The van der Waals surface area contributed by atoms with Gasteiger partial charge < -0.3 is 40.3 Å². The lowest BCUT2D eigenvalue weighted by Crippen LogP contribution is -2.60. The highest BCUT2D eigenvalue weighted by Crippen LogP contribution is 2.23. The molecule has 0 saturated carbocycles. The Morgan fingerprint density at radius 2 is 0.952 bits per heavy atom. The maximum atomic E-state index is 13.0. The van der Waals surface area contributed by atoms with Gasteiger partial charge in [0.25, 0.3) is 0 Å². The third-order valence-electron chi connectivity index (χ3n) is 12.0. The summed E-state index contributed by atoms with van der Waals surface area (Å²) in [4.78, 5) is 13.0. The van der Waals surface area contributed by atoms with Gasteiger partial charge in [-0.1, -0.05) is 197 Å². The smallest absolute Gasteiger partial charge is 0.220 e. The fourth-order valence-corrected chi connectivity index (χ4v) is 7.86. The Bertz CT molecular complexity index is 1170. The second-order valence-corrected chi connectivity index (χ2v) is 17.9. The van der Waals surface area contributed by atoms with Crippen LogP contribution >= 0.6 is 0 Å². The van der Waals surface area contributed by atoms with E-state index in [1.54, 1.807) is 6.08 Å². The molecule has 0 aromatic rings. The lowest BCUT2D eigenvalue weighted by atomic mass is 9.99. The van der Waals surface area contributed by atoms with Crippen LogP contribution in [0.15, 0.2) is 60.8 Å². The van der Waals surface area contributed by atoms with E-state index in [9.17, 15) is 30.3 Å². The van der Waals surface area contributed by atoms with E-state index in [0.29, 0.717) is 6.42 Å². The Morgan fingerprint density at radius 1 is 0.540 bits per heavy atom. The van der Waals surface area contributed by atoms with E-state index in [1.165, 1.54) is 135 Å². The Hall–Kier alpha value is -2.11. The van der Waals surface area contributed by atoms with Crippen molar-refractivity contribution in [2.75, 3.05) is 13.2 Å². The van der Waals surface area contributed by atoms with Gasteiger partial charge in [0.05, 0.1) is 25.4 Å². The summed E-state index contributed by atoms with van der Waals surface area (Å²) in [6.07, 6.45) is 51.3. The van der Waals surface area contributed by atoms with Gasteiger partial charge in [-0.3, -0.25) is 4.79 Å². The summed E-state index contributed by atoms with van der Waals surface area (Å²) in [7, 11) is 0. The zero-order chi connectivity index (χ0) is 45.9. The summed E-state index contributed by atoms with van der Waals surface area (Å²) >= 11 is 0. The van der Waals surface area contributed by atoms with Crippen LogP contribution < -0.4 is 5.32 Å². The van der Waals surface area contributed by atoms with E-state index in [0.717, 1.165) is 64.2 Å². The molecule has 0 aromatic carbocycles. The molecule has 1 saturated heterocycles. The van der Waals surface area contributed by atoms with Crippen LogP contribution in [-0.2, 0) is 14.3 Å². The SMILES string of the molecule is CCCCC/C=C\C/C=C\CCCCCCCCCC(=O)NC(COC1OC(CO)C(O)C(O)C1O)C(O)/C=C/CC/C=C/CC/C=C/CCCCCCCCCCCCCCC. The molecule has 1 amide bonds. The van der Waals surface area contributed by atoms with E-state index in [4.69, 9.17) is 9.47 Å². The van der Waals surface area contributed by atoms with Crippen molar-refractivity contribution in [3.05, 3.63) is 60.8 Å². The van der Waals surface area contributed by atoms with Crippen molar-refractivity contribution in [1.29, 1.82) is 0 Å². The molecule has 0 bridgehead atoms. The number of rotatable bonds is 43. The van der Waals surface area contributed by atoms with E-state index >= 15 is 0 Å². The maximum absolute atomic E-state index is 13.0. The first kappa shape index (κ1) is 58.9. The van der Waals surface area contributed by atoms with Gasteiger partial charge in [0, 0.05) is 6.42 Å².